The molecule has 0 aliphatic carbocycles. The molecule has 7 unspecified atom stereocenters. The number of hydrogen-bond acceptors (Lipinski definition) is 5. The third kappa shape index (κ3) is 8.27. The van der Waals surface area contributed by atoms with Crippen LogP contribution in [0.5, 0.6) is 0 Å². The van der Waals surface area contributed by atoms with Gasteiger partial charge < -0.3 is 4.74 Å². The summed E-state index contributed by atoms with van der Waals surface area (Å²) in [5.41, 5.74) is -0.564. The van der Waals surface area contributed by atoms with Gasteiger partial charge in [0.05, 0.1) is 24.2 Å². The van der Waals surface area contributed by atoms with Crippen molar-refractivity contribution in [2.75, 3.05) is 6.54 Å². The van der Waals surface area contributed by atoms with Crippen molar-refractivity contribution in [3.63, 3.8) is 0 Å². The van der Waals surface area contributed by atoms with Gasteiger partial charge in [-0.05, 0) is 63.7 Å². The van der Waals surface area contributed by atoms with E-state index in [1.54, 1.807) is 4.90 Å². The monoisotopic (exact) mass is 666 g/mol. The fraction of sp³-hybridized carbons (Fsp3) is 0.762. The van der Waals surface area contributed by atoms with E-state index in [1.807, 2.05) is 6.07 Å². The third-order valence-electron chi connectivity index (χ3n) is 12.6. The van der Waals surface area contributed by atoms with Crippen molar-refractivity contribution in [1.29, 1.82) is 0 Å². The molecule has 2 aliphatic heterocycles. The number of unbranched alkanes of at least 4 members (excludes halogenated alkanes) is 3. The standard InChI is InChI=1S/C42H67NO5/c1-14-16-17-21-24-43-36(45)33(29(15-2)27(3)30(26-39(4,5)6)28-22-19-18-20-23-28)35(37(43)46)42(12,13)41(10,11)34-31(40(7,8)9)25-32(44)48-38(34)47/h18-20,22-23,27,29-31,33-35H,14-17,21,24-26H2,1-13H3. The van der Waals surface area contributed by atoms with Gasteiger partial charge in [0.15, 0.2) is 0 Å². The summed E-state index contributed by atoms with van der Waals surface area (Å²) in [5, 5.41) is 0. The number of cyclic esters (lactones) is 2. The van der Waals surface area contributed by atoms with Crippen LogP contribution in [0.15, 0.2) is 30.3 Å². The molecule has 0 radical (unpaired) electrons. The highest BCUT2D eigenvalue weighted by molar-refractivity contribution is 6.05. The van der Waals surface area contributed by atoms with Crippen molar-refractivity contribution >= 4 is 23.8 Å². The zero-order chi connectivity index (χ0) is 36.4. The van der Waals surface area contributed by atoms with Crippen LogP contribution >= 0.6 is 0 Å². The van der Waals surface area contributed by atoms with Gasteiger partial charge in [-0.2, -0.15) is 0 Å². The van der Waals surface area contributed by atoms with Crippen LogP contribution in [0.1, 0.15) is 146 Å². The van der Waals surface area contributed by atoms with Crippen LogP contribution in [-0.4, -0.2) is 35.2 Å². The Morgan fingerprint density at radius 1 is 0.792 bits per heavy atom. The van der Waals surface area contributed by atoms with Crippen molar-refractivity contribution in [1.82, 2.24) is 4.90 Å². The molecule has 1 aromatic rings. The molecule has 2 fully saturated rings. The second-order valence-corrected chi connectivity index (χ2v) is 18.5. The summed E-state index contributed by atoms with van der Waals surface area (Å²) in [6, 6.07) is 10.6. The van der Waals surface area contributed by atoms with Gasteiger partial charge in [0.1, 0.15) is 0 Å². The molecule has 3 rings (SSSR count). The first kappa shape index (κ1) is 39.9. The van der Waals surface area contributed by atoms with Gasteiger partial charge in [-0.1, -0.05) is 146 Å². The smallest absolute Gasteiger partial charge is 0.317 e. The Bertz CT molecular complexity index is 1280. The summed E-state index contributed by atoms with van der Waals surface area (Å²) in [6.07, 6.45) is 5.79. The highest BCUT2D eigenvalue weighted by Gasteiger charge is 2.64. The van der Waals surface area contributed by atoms with Gasteiger partial charge in [-0.3, -0.25) is 24.1 Å². The Kier molecular flexibility index (Phi) is 12.6. The lowest BCUT2D eigenvalue weighted by Gasteiger charge is -2.54. The van der Waals surface area contributed by atoms with E-state index >= 15 is 0 Å². The molecule has 7 atom stereocenters. The van der Waals surface area contributed by atoms with Gasteiger partial charge in [0.25, 0.3) is 0 Å². The predicted octanol–water partition coefficient (Wildman–Crippen LogP) is 9.85. The zero-order valence-corrected chi connectivity index (χ0v) is 32.6. The number of carbonyl (C=O) groups is 4. The van der Waals surface area contributed by atoms with E-state index in [1.165, 1.54) is 5.56 Å². The minimum atomic E-state index is -0.782. The first-order chi connectivity index (χ1) is 22.1. The molecule has 2 amide bonds. The van der Waals surface area contributed by atoms with E-state index in [0.29, 0.717) is 6.54 Å². The fourth-order valence-corrected chi connectivity index (χ4v) is 9.16. The maximum Gasteiger partial charge on any atom is 0.317 e. The van der Waals surface area contributed by atoms with Crippen molar-refractivity contribution in [2.24, 2.45) is 57.2 Å². The van der Waals surface area contributed by atoms with Crippen LogP contribution in [0.25, 0.3) is 0 Å². The molecule has 48 heavy (non-hydrogen) atoms. The maximum atomic E-state index is 14.8. The van der Waals surface area contributed by atoms with Crippen molar-refractivity contribution in [3.05, 3.63) is 35.9 Å². The number of hydrogen-bond donors (Lipinski definition) is 0. The van der Waals surface area contributed by atoms with Crippen LogP contribution in [0.4, 0.5) is 0 Å². The Balaban J connectivity index is 2.18. The quantitative estimate of drug-likeness (QED) is 0.0855. The molecular formula is C42H67NO5. The molecule has 6 heteroatoms. The SMILES string of the molecule is CCCCCCN1C(=O)C(C(CC)C(C)C(CC(C)(C)C)c2ccccc2)C(C(C)(C)C(C)(C)C2C(=O)OC(=O)CC2C(C)(C)C)C1=O. The minimum absolute atomic E-state index is 0.0481. The molecule has 2 saturated heterocycles. The summed E-state index contributed by atoms with van der Waals surface area (Å²) in [5.74, 6) is -2.87. The van der Waals surface area contributed by atoms with E-state index in [2.05, 4.69) is 114 Å². The average Bonchev–Trinajstić information content (AvgIpc) is 3.22. The second-order valence-electron chi connectivity index (χ2n) is 18.5. The van der Waals surface area contributed by atoms with Gasteiger partial charge >= 0.3 is 11.9 Å². The lowest BCUT2D eigenvalue weighted by atomic mass is 9.48. The number of benzene rings is 1. The Morgan fingerprint density at radius 2 is 1.38 bits per heavy atom. The predicted molar refractivity (Wildman–Crippen MR) is 194 cm³/mol. The van der Waals surface area contributed by atoms with Crippen LogP contribution in [0.2, 0.25) is 0 Å². The second kappa shape index (κ2) is 15.2. The van der Waals surface area contributed by atoms with Crippen LogP contribution in [-0.2, 0) is 23.9 Å². The van der Waals surface area contributed by atoms with E-state index in [4.69, 9.17) is 4.74 Å². The Hall–Kier alpha value is -2.50. The largest absolute Gasteiger partial charge is 0.393 e. The first-order valence-electron chi connectivity index (χ1n) is 18.8. The van der Waals surface area contributed by atoms with Crippen molar-refractivity contribution in [3.8, 4) is 0 Å². The van der Waals surface area contributed by atoms with Crippen LogP contribution in [0, 0.1) is 57.2 Å². The topological polar surface area (TPSA) is 80.8 Å². The molecule has 1 aromatic carbocycles. The number of carbonyl (C=O) groups excluding carboxylic acids is 4. The van der Waals surface area contributed by atoms with Crippen molar-refractivity contribution in [2.45, 2.75) is 141 Å². The van der Waals surface area contributed by atoms with Gasteiger partial charge in [0.2, 0.25) is 11.8 Å². The fourth-order valence-electron chi connectivity index (χ4n) is 9.16. The zero-order valence-electron chi connectivity index (χ0n) is 32.6. The maximum absolute atomic E-state index is 14.8. The van der Waals surface area contributed by atoms with Gasteiger partial charge in [-0.15, -0.1) is 0 Å². The molecule has 0 N–H and O–H groups in total. The highest BCUT2D eigenvalue weighted by atomic mass is 16.6. The summed E-state index contributed by atoms with van der Waals surface area (Å²) >= 11 is 0. The van der Waals surface area contributed by atoms with Gasteiger partial charge in [-0.25, -0.2) is 0 Å². The summed E-state index contributed by atoms with van der Waals surface area (Å²) in [6.45, 7) is 28.3. The van der Waals surface area contributed by atoms with Crippen LogP contribution < -0.4 is 0 Å². The molecule has 270 valence electrons. The number of ether oxygens (including phenoxy) is 1. The van der Waals surface area contributed by atoms with Crippen molar-refractivity contribution < 1.29 is 23.9 Å². The number of likely N-dealkylation sites (tertiary alicyclic amines) is 1. The summed E-state index contributed by atoms with van der Waals surface area (Å²) < 4.78 is 5.33. The molecule has 6 nitrogen and oxygen atoms in total. The number of esters is 2. The first-order valence-corrected chi connectivity index (χ1v) is 18.8. The normalized spacial score (nSPS) is 24.9. The van der Waals surface area contributed by atoms with E-state index < -0.39 is 40.5 Å². The summed E-state index contributed by atoms with van der Waals surface area (Å²) in [4.78, 5) is 57.5. The molecule has 0 spiro atoms. The van der Waals surface area contributed by atoms with E-state index in [-0.39, 0.29) is 52.7 Å². The average molecular weight is 666 g/mol. The molecule has 2 heterocycles. The summed E-state index contributed by atoms with van der Waals surface area (Å²) in [7, 11) is 0. The lowest BCUT2D eigenvalue weighted by molar-refractivity contribution is -0.187. The molecular weight excluding hydrogens is 598 g/mol. The number of rotatable bonds is 14. The lowest BCUT2D eigenvalue weighted by Crippen LogP contribution is -2.56. The van der Waals surface area contributed by atoms with E-state index in [9.17, 15) is 19.2 Å². The Labute approximate surface area is 292 Å². The number of amides is 2. The highest BCUT2D eigenvalue weighted by Crippen LogP contribution is 2.60. The number of nitrogens with zero attached hydrogens (tertiary/aromatic N) is 1. The molecule has 2 aliphatic rings. The van der Waals surface area contributed by atoms with Crippen LogP contribution in [0.3, 0.4) is 0 Å². The van der Waals surface area contributed by atoms with E-state index in [0.717, 1.165) is 38.5 Å². The molecule has 0 aromatic heterocycles. The third-order valence-corrected chi connectivity index (χ3v) is 12.6. The Morgan fingerprint density at radius 3 is 1.90 bits per heavy atom. The van der Waals surface area contributed by atoms with Gasteiger partial charge in [0, 0.05) is 6.54 Å². The molecule has 0 saturated carbocycles. The minimum Gasteiger partial charge on any atom is -0.393 e. The number of imide groups is 1. The molecule has 0 bridgehead atoms.